The Morgan fingerprint density at radius 2 is 1.61 bits per heavy atom. The monoisotopic (exact) mass is 318 g/mol. The van der Waals surface area contributed by atoms with Crippen molar-refractivity contribution in [3.8, 4) is 0 Å². The second-order valence-electron chi connectivity index (χ2n) is 10.3. The lowest BCUT2D eigenvalue weighted by molar-refractivity contribution is -0.142. The highest BCUT2D eigenvalue weighted by Crippen LogP contribution is 2.69. The summed E-state index contributed by atoms with van der Waals surface area (Å²) in [4.78, 5) is 0. The van der Waals surface area contributed by atoms with Gasteiger partial charge in [-0.05, 0) is 85.9 Å². The van der Waals surface area contributed by atoms with E-state index in [0.29, 0.717) is 5.92 Å². The minimum absolute atomic E-state index is 0.0859. The van der Waals surface area contributed by atoms with Crippen LogP contribution in [0.1, 0.15) is 72.6 Å². The minimum Gasteiger partial charge on any atom is -0.393 e. The van der Waals surface area contributed by atoms with Crippen LogP contribution in [0.4, 0.5) is 0 Å². The maximum Gasteiger partial charge on any atom is 0.0805 e. The molecule has 4 rings (SSSR count). The lowest BCUT2D eigenvalue weighted by atomic mass is 9.41. The molecule has 0 unspecified atom stereocenters. The van der Waals surface area contributed by atoms with E-state index in [0.717, 1.165) is 24.7 Å². The molecule has 0 amide bonds. The molecule has 0 aromatic carbocycles. The maximum absolute atomic E-state index is 10.6. The molecule has 3 fully saturated rings. The van der Waals surface area contributed by atoms with E-state index < -0.39 is 5.60 Å². The van der Waals surface area contributed by atoms with Gasteiger partial charge in [0.25, 0.3) is 0 Å². The van der Waals surface area contributed by atoms with Gasteiger partial charge in [0.1, 0.15) is 0 Å². The lowest BCUT2D eigenvalue weighted by Crippen LogP contribution is -2.58. The number of aliphatic hydroxyl groups excluding tert-OH is 1. The Bertz CT molecular complexity index is 538. The van der Waals surface area contributed by atoms with Gasteiger partial charge in [0.2, 0.25) is 0 Å². The zero-order chi connectivity index (χ0) is 16.7. The average molecular weight is 319 g/mol. The first kappa shape index (κ1) is 16.1. The molecule has 0 spiro atoms. The Morgan fingerprint density at radius 3 is 2.35 bits per heavy atom. The smallest absolute Gasteiger partial charge is 0.0805 e. The molecular weight excluding hydrogens is 284 g/mol. The number of rotatable bonds is 0. The zero-order valence-electron chi connectivity index (χ0n) is 15.3. The first-order valence-electron chi connectivity index (χ1n) is 9.72. The van der Waals surface area contributed by atoms with Gasteiger partial charge in [-0.3, -0.25) is 0 Å². The summed E-state index contributed by atoms with van der Waals surface area (Å²) < 4.78 is 0. The Labute approximate surface area is 141 Å². The van der Waals surface area contributed by atoms with Gasteiger partial charge < -0.3 is 10.2 Å². The molecule has 2 heteroatoms. The minimum atomic E-state index is -0.645. The van der Waals surface area contributed by atoms with Crippen molar-refractivity contribution in [1.29, 1.82) is 0 Å². The van der Waals surface area contributed by atoms with Crippen LogP contribution >= 0.6 is 0 Å². The van der Waals surface area contributed by atoms with Crippen LogP contribution in [-0.2, 0) is 0 Å². The zero-order valence-corrected chi connectivity index (χ0v) is 15.3. The lowest BCUT2D eigenvalue weighted by Gasteiger charge is -2.64. The fourth-order valence-corrected chi connectivity index (χ4v) is 7.41. The third kappa shape index (κ3) is 2.00. The van der Waals surface area contributed by atoms with Gasteiger partial charge in [-0.1, -0.05) is 32.9 Å². The molecule has 0 bridgehead atoms. The molecular formula is C21H34O2. The van der Waals surface area contributed by atoms with E-state index in [1.165, 1.54) is 32.1 Å². The van der Waals surface area contributed by atoms with Gasteiger partial charge in [-0.2, -0.15) is 0 Å². The number of fused-ring (bicyclic) bond motifs is 5. The van der Waals surface area contributed by atoms with Gasteiger partial charge in [-0.15, -0.1) is 0 Å². The molecule has 2 N–H and O–H groups in total. The molecule has 4 aliphatic rings. The van der Waals surface area contributed by atoms with Crippen molar-refractivity contribution in [2.24, 2.45) is 34.0 Å². The van der Waals surface area contributed by atoms with Crippen molar-refractivity contribution >= 4 is 0 Å². The second-order valence-corrected chi connectivity index (χ2v) is 10.3. The van der Waals surface area contributed by atoms with Crippen LogP contribution in [0.3, 0.4) is 0 Å². The Morgan fingerprint density at radius 1 is 0.870 bits per heavy atom. The molecule has 0 aromatic heterocycles. The fraction of sp³-hybridized carbons (Fsp3) is 0.905. The van der Waals surface area contributed by atoms with Crippen LogP contribution in [0.15, 0.2) is 12.2 Å². The van der Waals surface area contributed by atoms with E-state index >= 15 is 0 Å². The fourth-order valence-electron chi connectivity index (χ4n) is 7.41. The second kappa shape index (κ2) is 4.64. The summed E-state index contributed by atoms with van der Waals surface area (Å²) in [6.07, 6.45) is 12.4. The third-order valence-electron chi connectivity index (χ3n) is 9.02. The molecule has 2 nitrogen and oxygen atoms in total. The number of hydrogen-bond acceptors (Lipinski definition) is 2. The van der Waals surface area contributed by atoms with Crippen LogP contribution < -0.4 is 0 Å². The van der Waals surface area contributed by atoms with E-state index in [-0.39, 0.29) is 22.3 Å². The molecule has 0 heterocycles. The normalized spacial score (nSPS) is 61.7. The van der Waals surface area contributed by atoms with Crippen LogP contribution in [0.2, 0.25) is 0 Å². The Hall–Kier alpha value is -0.340. The summed E-state index contributed by atoms with van der Waals surface area (Å²) in [5, 5.41) is 21.1. The molecule has 130 valence electrons. The highest BCUT2D eigenvalue weighted by atomic mass is 16.3. The van der Waals surface area contributed by atoms with Gasteiger partial charge in [0.15, 0.2) is 0 Å². The molecule has 8 atom stereocenters. The first-order chi connectivity index (χ1) is 10.6. The topological polar surface area (TPSA) is 40.5 Å². The van der Waals surface area contributed by atoms with Crippen LogP contribution in [0.5, 0.6) is 0 Å². The summed E-state index contributed by atoms with van der Waals surface area (Å²) in [6.45, 7) is 9.19. The van der Waals surface area contributed by atoms with Gasteiger partial charge in [0.05, 0.1) is 11.7 Å². The Kier molecular flexibility index (Phi) is 3.25. The van der Waals surface area contributed by atoms with Crippen molar-refractivity contribution in [3.63, 3.8) is 0 Å². The van der Waals surface area contributed by atoms with Crippen molar-refractivity contribution in [2.75, 3.05) is 0 Å². The number of allylic oxidation sites excluding steroid dienone is 1. The van der Waals surface area contributed by atoms with E-state index in [2.05, 4.69) is 32.9 Å². The third-order valence-corrected chi connectivity index (χ3v) is 9.02. The Balaban J connectivity index is 1.72. The van der Waals surface area contributed by atoms with E-state index in [1.807, 2.05) is 6.92 Å². The molecule has 0 aromatic rings. The van der Waals surface area contributed by atoms with Crippen LogP contribution in [0, 0.1) is 34.0 Å². The predicted octanol–water partition coefficient (Wildman–Crippen LogP) is 4.31. The molecule has 0 radical (unpaired) electrons. The number of hydrogen-bond donors (Lipinski definition) is 2. The molecule has 23 heavy (non-hydrogen) atoms. The largest absolute Gasteiger partial charge is 0.393 e. The predicted molar refractivity (Wildman–Crippen MR) is 92.9 cm³/mol. The van der Waals surface area contributed by atoms with Gasteiger partial charge in [0, 0.05) is 0 Å². The van der Waals surface area contributed by atoms with E-state index in [4.69, 9.17) is 0 Å². The van der Waals surface area contributed by atoms with Crippen molar-refractivity contribution in [1.82, 2.24) is 0 Å². The summed E-state index contributed by atoms with van der Waals surface area (Å²) in [6, 6.07) is 0. The SMILES string of the molecule is C[C@]12CC[C@H]3[C@@H](CC[C@@]4(C)C[C@@](C)(O)C=C[C@]34C)[C@@H]1CC[C@@H]2O. The van der Waals surface area contributed by atoms with Crippen molar-refractivity contribution in [3.05, 3.63) is 12.2 Å². The van der Waals surface area contributed by atoms with Gasteiger partial charge in [-0.25, -0.2) is 0 Å². The first-order valence-corrected chi connectivity index (χ1v) is 9.72. The molecule has 3 saturated carbocycles. The number of aliphatic hydroxyl groups is 2. The average Bonchev–Trinajstić information content (AvgIpc) is 2.76. The molecule has 0 saturated heterocycles. The van der Waals surface area contributed by atoms with E-state index in [9.17, 15) is 10.2 Å². The summed E-state index contributed by atoms with van der Waals surface area (Å²) in [7, 11) is 0. The summed E-state index contributed by atoms with van der Waals surface area (Å²) in [5.41, 5.74) is -0.0760. The van der Waals surface area contributed by atoms with Gasteiger partial charge >= 0.3 is 0 Å². The van der Waals surface area contributed by atoms with E-state index in [1.54, 1.807) is 0 Å². The quantitative estimate of drug-likeness (QED) is 0.654. The molecule has 4 aliphatic carbocycles. The maximum atomic E-state index is 10.6. The molecule has 0 aliphatic heterocycles. The summed E-state index contributed by atoms with van der Waals surface area (Å²) >= 11 is 0. The summed E-state index contributed by atoms with van der Waals surface area (Å²) in [5.74, 6) is 2.18. The highest BCUT2D eigenvalue weighted by molar-refractivity contribution is 5.23. The van der Waals surface area contributed by atoms with Crippen molar-refractivity contribution < 1.29 is 10.2 Å². The van der Waals surface area contributed by atoms with Crippen molar-refractivity contribution in [2.45, 2.75) is 84.3 Å². The van der Waals surface area contributed by atoms with Crippen LogP contribution in [0.25, 0.3) is 0 Å². The standard InChI is InChI=1S/C21H34O2/c1-18-9-7-14-15-5-6-17(22)20(15,3)10-8-16(14)21(18,4)12-11-19(2,23)13-18/h11-12,14-17,22-23H,5-10,13H2,1-4H3/t14-,15-,16-,17-,18-,19-,20-,21+/m0/s1. The van der Waals surface area contributed by atoms with Crippen LogP contribution in [-0.4, -0.2) is 21.9 Å². The highest BCUT2D eigenvalue weighted by Gasteiger charge is 2.63.